The Hall–Kier alpha value is -2.02. The van der Waals surface area contributed by atoms with Gasteiger partial charge in [-0.25, -0.2) is 9.59 Å². The van der Waals surface area contributed by atoms with Gasteiger partial charge in [0.2, 0.25) is 0 Å². The first-order valence-electron chi connectivity index (χ1n) is 8.54. The zero-order chi connectivity index (χ0) is 19.6. The SMILES string of the molecule is CCn1cc([C@@H](C)[C@@H](NC(=O)OC(C)(C)C)C(=O)O)c2cc(Br)ccc21. The summed E-state index contributed by atoms with van der Waals surface area (Å²) in [4.78, 5) is 23.9. The van der Waals surface area contributed by atoms with E-state index in [4.69, 9.17) is 4.74 Å². The third kappa shape index (κ3) is 4.58. The van der Waals surface area contributed by atoms with Crippen LogP contribution in [0.2, 0.25) is 0 Å². The van der Waals surface area contributed by atoms with Crippen molar-refractivity contribution < 1.29 is 19.4 Å². The van der Waals surface area contributed by atoms with Crippen LogP contribution in [0.15, 0.2) is 28.9 Å². The molecule has 0 aliphatic rings. The summed E-state index contributed by atoms with van der Waals surface area (Å²) in [7, 11) is 0. The molecule has 0 fully saturated rings. The first kappa shape index (κ1) is 20.3. The zero-order valence-corrected chi connectivity index (χ0v) is 17.3. The highest BCUT2D eigenvalue weighted by Crippen LogP contribution is 2.32. The minimum atomic E-state index is -1.10. The Labute approximate surface area is 161 Å². The van der Waals surface area contributed by atoms with E-state index in [1.807, 2.05) is 31.3 Å². The third-order valence-electron chi connectivity index (χ3n) is 4.14. The maximum atomic E-state index is 12.1. The van der Waals surface area contributed by atoms with Crippen molar-refractivity contribution in [2.24, 2.45) is 0 Å². The molecular weight excluding hydrogens is 400 g/mol. The van der Waals surface area contributed by atoms with Crippen LogP contribution in [0, 0.1) is 0 Å². The summed E-state index contributed by atoms with van der Waals surface area (Å²) in [5, 5.41) is 13.1. The van der Waals surface area contributed by atoms with Gasteiger partial charge in [0, 0.05) is 34.0 Å². The first-order valence-corrected chi connectivity index (χ1v) is 9.33. The van der Waals surface area contributed by atoms with Crippen molar-refractivity contribution in [2.75, 3.05) is 0 Å². The number of halogens is 1. The number of carboxylic acid groups (broad SMARTS) is 1. The molecule has 1 aromatic heterocycles. The van der Waals surface area contributed by atoms with Gasteiger partial charge in [-0.2, -0.15) is 0 Å². The van der Waals surface area contributed by atoms with Crippen LogP contribution in [0.1, 0.15) is 46.1 Å². The first-order chi connectivity index (χ1) is 12.0. The van der Waals surface area contributed by atoms with E-state index >= 15 is 0 Å². The van der Waals surface area contributed by atoms with Crippen LogP contribution in [0.5, 0.6) is 0 Å². The van der Waals surface area contributed by atoms with Crippen LogP contribution >= 0.6 is 15.9 Å². The quantitative estimate of drug-likeness (QED) is 0.739. The summed E-state index contributed by atoms with van der Waals surface area (Å²) in [6.07, 6.45) is 1.21. The van der Waals surface area contributed by atoms with Crippen molar-refractivity contribution in [1.29, 1.82) is 0 Å². The molecule has 142 valence electrons. The van der Waals surface area contributed by atoms with Gasteiger partial charge in [-0.3, -0.25) is 0 Å². The molecule has 1 amide bonds. The molecule has 0 saturated carbocycles. The standard InChI is InChI=1S/C19H25BrN2O4/c1-6-22-10-14(13-9-12(20)7-8-15(13)22)11(2)16(17(23)24)21-18(25)26-19(3,4)5/h7-11,16H,6H2,1-5H3,(H,21,25)(H,23,24)/t11-,16-/m1/s1. The molecule has 7 heteroatoms. The van der Waals surface area contributed by atoms with Gasteiger partial charge in [-0.1, -0.05) is 22.9 Å². The number of carbonyl (C=O) groups is 2. The lowest BCUT2D eigenvalue weighted by molar-refractivity contribution is -0.140. The number of amides is 1. The van der Waals surface area contributed by atoms with Gasteiger partial charge < -0.3 is 19.7 Å². The van der Waals surface area contributed by atoms with Crippen LogP contribution in [-0.2, 0) is 16.1 Å². The Kier molecular flexibility index (Phi) is 6.01. The molecule has 1 heterocycles. The number of aromatic nitrogens is 1. The Balaban J connectivity index is 2.39. The summed E-state index contributed by atoms with van der Waals surface area (Å²) >= 11 is 3.47. The third-order valence-corrected chi connectivity index (χ3v) is 4.64. The fraction of sp³-hybridized carbons (Fsp3) is 0.474. The number of aliphatic carboxylic acids is 1. The van der Waals surface area contributed by atoms with Crippen molar-refractivity contribution in [2.45, 2.75) is 58.7 Å². The fourth-order valence-electron chi connectivity index (χ4n) is 2.94. The molecule has 2 rings (SSSR count). The fourth-order valence-corrected chi connectivity index (χ4v) is 3.30. The van der Waals surface area contributed by atoms with Crippen LogP contribution in [0.4, 0.5) is 4.79 Å². The van der Waals surface area contributed by atoms with Crippen LogP contribution in [0.25, 0.3) is 10.9 Å². The molecular formula is C19H25BrN2O4. The average Bonchev–Trinajstić information content (AvgIpc) is 2.87. The number of hydrogen-bond acceptors (Lipinski definition) is 3. The Morgan fingerprint density at radius 2 is 2.00 bits per heavy atom. The number of alkyl carbamates (subject to hydrolysis) is 1. The highest BCUT2D eigenvalue weighted by molar-refractivity contribution is 9.10. The van der Waals surface area contributed by atoms with Gasteiger partial charge in [-0.05, 0) is 51.5 Å². The van der Waals surface area contributed by atoms with E-state index in [0.717, 1.165) is 27.5 Å². The van der Waals surface area contributed by atoms with Gasteiger partial charge in [0.05, 0.1) is 0 Å². The van der Waals surface area contributed by atoms with E-state index in [0.29, 0.717) is 0 Å². The van der Waals surface area contributed by atoms with Crippen molar-refractivity contribution in [1.82, 2.24) is 9.88 Å². The van der Waals surface area contributed by atoms with E-state index in [1.54, 1.807) is 27.7 Å². The summed E-state index contributed by atoms with van der Waals surface area (Å²) < 4.78 is 8.20. The number of rotatable bonds is 5. The van der Waals surface area contributed by atoms with Crippen LogP contribution in [0.3, 0.4) is 0 Å². The van der Waals surface area contributed by atoms with Crippen molar-refractivity contribution in [3.8, 4) is 0 Å². The maximum Gasteiger partial charge on any atom is 0.408 e. The van der Waals surface area contributed by atoms with Gasteiger partial charge in [-0.15, -0.1) is 0 Å². The predicted octanol–water partition coefficient (Wildman–Crippen LogP) is 4.51. The second kappa shape index (κ2) is 7.70. The Morgan fingerprint density at radius 3 is 2.54 bits per heavy atom. The topological polar surface area (TPSA) is 80.6 Å². The Morgan fingerprint density at radius 1 is 1.35 bits per heavy atom. The largest absolute Gasteiger partial charge is 0.480 e. The van der Waals surface area contributed by atoms with Crippen LogP contribution < -0.4 is 5.32 Å². The monoisotopic (exact) mass is 424 g/mol. The number of hydrogen-bond donors (Lipinski definition) is 2. The summed E-state index contributed by atoms with van der Waals surface area (Å²) in [6.45, 7) is 9.80. The number of ether oxygens (including phenoxy) is 1. The molecule has 26 heavy (non-hydrogen) atoms. The zero-order valence-electron chi connectivity index (χ0n) is 15.7. The maximum absolute atomic E-state index is 12.1. The van der Waals surface area contributed by atoms with Gasteiger partial charge in [0.1, 0.15) is 11.6 Å². The molecule has 0 spiro atoms. The van der Waals surface area contributed by atoms with Gasteiger partial charge >= 0.3 is 12.1 Å². The lowest BCUT2D eigenvalue weighted by Gasteiger charge is -2.25. The summed E-state index contributed by atoms with van der Waals surface area (Å²) in [5.41, 5.74) is 1.20. The van der Waals surface area contributed by atoms with E-state index in [-0.39, 0.29) is 0 Å². The number of fused-ring (bicyclic) bond motifs is 1. The normalized spacial score (nSPS) is 14.1. The number of nitrogens with zero attached hydrogens (tertiary/aromatic N) is 1. The molecule has 0 unspecified atom stereocenters. The molecule has 6 nitrogen and oxygen atoms in total. The molecule has 0 radical (unpaired) electrons. The van der Waals surface area contributed by atoms with Crippen molar-refractivity contribution in [3.63, 3.8) is 0 Å². The molecule has 0 bridgehead atoms. The van der Waals surface area contributed by atoms with Gasteiger partial charge in [0.25, 0.3) is 0 Å². The van der Waals surface area contributed by atoms with Crippen molar-refractivity contribution in [3.05, 3.63) is 34.4 Å². The van der Waals surface area contributed by atoms with E-state index < -0.39 is 29.6 Å². The summed E-state index contributed by atoms with van der Waals surface area (Å²) in [5.74, 6) is -1.54. The predicted molar refractivity (Wildman–Crippen MR) is 105 cm³/mol. The average molecular weight is 425 g/mol. The Bertz CT molecular complexity index is 823. The minimum Gasteiger partial charge on any atom is -0.480 e. The van der Waals surface area contributed by atoms with Crippen LogP contribution in [-0.4, -0.2) is 33.4 Å². The second-order valence-electron chi connectivity index (χ2n) is 7.28. The van der Waals surface area contributed by atoms with Gasteiger partial charge in [0.15, 0.2) is 0 Å². The number of carbonyl (C=O) groups excluding carboxylic acids is 1. The lowest BCUT2D eigenvalue weighted by atomic mass is 9.93. The van der Waals surface area contributed by atoms with E-state index in [9.17, 15) is 14.7 Å². The van der Waals surface area contributed by atoms with Crippen molar-refractivity contribution >= 4 is 38.9 Å². The second-order valence-corrected chi connectivity index (χ2v) is 8.20. The number of aryl methyl sites for hydroxylation is 1. The highest BCUT2D eigenvalue weighted by Gasteiger charge is 2.31. The summed E-state index contributed by atoms with van der Waals surface area (Å²) in [6, 6.07) is 4.83. The molecule has 2 aromatic rings. The number of nitrogens with one attached hydrogen (secondary N) is 1. The minimum absolute atomic E-state index is 0.440. The number of carboxylic acids is 1. The van der Waals surface area contributed by atoms with E-state index in [1.165, 1.54) is 0 Å². The molecule has 0 aliphatic heterocycles. The molecule has 1 aromatic carbocycles. The smallest absolute Gasteiger partial charge is 0.408 e. The number of benzene rings is 1. The lowest BCUT2D eigenvalue weighted by Crippen LogP contribution is -2.46. The highest BCUT2D eigenvalue weighted by atomic mass is 79.9. The molecule has 0 saturated heterocycles. The molecule has 0 aliphatic carbocycles. The van der Waals surface area contributed by atoms with E-state index in [2.05, 4.69) is 25.8 Å². The molecule has 2 atom stereocenters. The molecule has 2 N–H and O–H groups in total.